The maximum Gasteiger partial charge on any atom is 0.0819 e. The van der Waals surface area contributed by atoms with E-state index in [2.05, 4.69) is 18.1 Å². The fourth-order valence-electron chi connectivity index (χ4n) is 1.97. The molecule has 2 rings (SSSR count). The maximum atomic E-state index is 4.72. The highest BCUT2D eigenvalue weighted by atomic mass is 14.8. The van der Waals surface area contributed by atoms with Crippen LogP contribution >= 0.6 is 0 Å². The summed E-state index contributed by atoms with van der Waals surface area (Å²) in [4.78, 5) is 9.02. The Morgan fingerprint density at radius 3 is 2.43 bits per heavy atom. The van der Waals surface area contributed by atoms with Crippen molar-refractivity contribution in [3.63, 3.8) is 0 Å². The molecule has 104 valence electrons. The molecule has 0 aliphatic carbocycles. The van der Waals surface area contributed by atoms with Gasteiger partial charge in [-0.1, -0.05) is 67.8 Å². The molecular weight excluding hydrogens is 256 g/mol. The minimum Gasteiger partial charge on any atom is -0.278 e. The van der Waals surface area contributed by atoms with Crippen molar-refractivity contribution in [1.29, 1.82) is 0 Å². The van der Waals surface area contributed by atoms with E-state index >= 15 is 0 Å². The summed E-state index contributed by atoms with van der Waals surface area (Å²) in [6.45, 7) is 8.15. The normalized spacial score (nSPS) is 12.0. The lowest BCUT2D eigenvalue weighted by molar-refractivity contribution is 0.990. The van der Waals surface area contributed by atoms with Crippen molar-refractivity contribution in [2.24, 2.45) is 4.99 Å². The number of rotatable bonds is 6. The van der Waals surface area contributed by atoms with Crippen molar-refractivity contribution in [3.05, 3.63) is 103 Å². The summed E-state index contributed by atoms with van der Waals surface area (Å²) in [6.07, 6.45) is 7.24. The molecule has 0 N–H and O–H groups in total. The van der Waals surface area contributed by atoms with E-state index in [0.717, 1.165) is 22.5 Å². The topological polar surface area (TPSA) is 25.2 Å². The molecule has 2 aromatic rings. The van der Waals surface area contributed by atoms with Crippen molar-refractivity contribution in [2.45, 2.75) is 6.54 Å². The van der Waals surface area contributed by atoms with Gasteiger partial charge in [0.25, 0.3) is 0 Å². The second kappa shape index (κ2) is 7.75. The van der Waals surface area contributed by atoms with E-state index in [1.165, 1.54) is 0 Å². The smallest absolute Gasteiger partial charge is 0.0819 e. The number of pyridine rings is 1. The van der Waals surface area contributed by atoms with Gasteiger partial charge >= 0.3 is 0 Å². The van der Waals surface area contributed by atoms with Gasteiger partial charge in [0.1, 0.15) is 0 Å². The predicted octanol–water partition coefficient (Wildman–Crippen LogP) is 4.37. The van der Waals surface area contributed by atoms with Crippen LogP contribution < -0.4 is 0 Å². The van der Waals surface area contributed by atoms with E-state index in [1.807, 2.05) is 54.6 Å². The third kappa shape index (κ3) is 4.11. The molecule has 0 spiro atoms. The molecule has 1 aromatic carbocycles. The third-order valence-electron chi connectivity index (χ3n) is 2.96. The summed E-state index contributed by atoms with van der Waals surface area (Å²) >= 11 is 0. The van der Waals surface area contributed by atoms with Gasteiger partial charge in [0, 0.05) is 11.8 Å². The fraction of sp³-hybridized carbons (Fsp3) is 0.0526. The Hall–Kier alpha value is -2.74. The highest BCUT2D eigenvalue weighted by Crippen LogP contribution is 2.12. The zero-order valence-electron chi connectivity index (χ0n) is 11.9. The molecule has 2 nitrogen and oxygen atoms in total. The lowest BCUT2D eigenvalue weighted by Crippen LogP contribution is -2.04. The van der Waals surface area contributed by atoms with Gasteiger partial charge < -0.3 is 0 Å². The molecule has 0 aliphatic heterocycles. The summed E-state index contributed by atoms with van der Waals surface area (Å²) in [5, 5.41) is 0. The Bertz CT molecular complexity index is 652. The van der Waals surface area contributed by atoms with Crippen molar-refractivity contribution in [1.82, 2.24) is 4.98 Å². The number of benzene rings is 1. The van der Waals surface area contributed by atoms with E-state index in [1.54, 1.807) is 18.3 Å². The van der Waals surface area contributed by atoms with Crippen LogP contribution in [0.25, 0.3) is 0 Å². The molecule has 0 aliphatic rings. The Morgan fingerprint density at radius 1 is 1.05 bits per heavy atom. The van der Waals surface area contributed by atoms with Crippen molar-refractivity contribution in [2.75, 3.05) is 0 Å². The number of hydrogen-bond donors (Lipinski definition) is 0. The number of aromatic nitrogens is 1. The molecule has 0 saturated heterocycles. The van der Waals surface area contributed by atoms with Gasteiger partial charge in [-0.2, -0.15) is 0 Å². The average Bonchev–Trinajstić information content (AvgIpc) is 2.56. The lowest BCUT2D eigenvalue weighted by Gasteiger charge is -2.08. The molecule has 0 fully saturated rings. The van der Waals surface area contributed by atoms with Crippen LogP contribution in [0.4, 0.5) is 0 Å². The maximum absolute atomic E-state index is 4.72. The number of aliphatic imine (C=N–C) groups is 1. The van der Waals surface area contributed by atoms with Crippen LogP contribution in [0.2, 0.25) is 0 Å². The molecular formula is C19H18N2. The van der Waals surface area contributed by atoms with Crippen LogP contribution in [-0.2, 0) is 6.54 Å². The summed E-state index contributed by atoms with van der Waals surface area (Å²) in [6, 6.07) is 15.9. The molecule has 0 amide bonds. The molecule has 2 heteroatoms. The Kier molecular flexibility index (Phi) is 5.41. The summed E-state index contributed by atoms with van der Waals surface area (Å²) in [7, 11) is 0. The molecule has 0 saturated carbocycles. The van der Waals surface area contributed by atoms with Crippen molar-refractivity contribution in [3.8, 4) is 0 Å². The monoisotopic (exact) mass is 274 g/mol. The van der Waals surface area contributed by atoms with Gasteiger partial charge in [-0.3, -0.25) is 9.98 Å². The van der Waals surface area contributed by atoms with Gasteiger partial charge in [-0.25, -0.2) is 0 Å². The molecule has 0 radical (unpaired) electrons. The van der Waals surface area contributed by atoms with Gasteiger partial charge in [-0.05, 0) is 17.7 Å². The number of hydrogen-bond acceptors (Lipinski definition) is 2. The SMILES string of the molecule is C=C/C=C(\C=C)C(=NCc1ccccn1)c1ccccc1. The van der Waals surface area contributed by atoms with Crippen molar-refractivity contribution >= 4 is 5.71 Å². The van der Waals surface area contributed by atoms with Gasteiger partial charge in [0.05, 0.1) is 18.0 Å². The molecule has 1 aromatic heterocycles. The number of allylic oxidation sites excluding steroid dienone is 4. The van der Waals surface area contributed by atoms with Gasteiger partial charge in [-0.15, -0.1) is 0 Å². The van der Waals surface area contributed by atoms with E-state index in [-0.39, 0.29) is 0 Å². The fourth-order valence-corrected chi connectivity index (χ4v) is 1.97. The minimum absolute atomic E-state index is 0.535. The average molecular weight is 274 g/mol. The second-order valence-electron chi connectivity index (χ2n) is 4.41. The third-order valence-corrected chi connectivity index (χ3v) is 2.96. The molecule has 0 atom stereocenters. The molecule has 0 bridgehead atoms. The second-order valence-corrected chi connectivity index (χ2v) is 4.41. The van der Waals surface area contributed by atoms with E-state index in [4.69, 9.17) is 4.99 Å². The molecule has 21 heavy (non-hydrogen) atoms. The van der Waals surface area contributed by atoms with Crippen molar-refractivity contribution < 1.29 is 0 Å². The first-order valence-electron chi connectivity index (χ1n) is 6.80. The first-order chi connectivity index (χ1) is 10.3. The van der Waals surface area contributed by atoms with Crippen LogP contribution in [0.3, 0.4) is 0 Å². The molecule has 0 unspecified atom stereocenters. The highest BCUT2D eigenvalue weighted by Gasteiger charge is 2.06. The largest absolute Gasteiger partial charge is 0.278 e. The lowest BCUT2D eigenvalue weighted by atomic mass is 10.0. The first-order valence-corrected chi connectivity index (χ1v) is 6.80. The quantitative estimate of drug-likeness (QED) is 0.567. The molecule has 1 heterocycles. The Labute approximate surface area is 125 Å². The van der Waals surface area contributed by atoms with Crippen LogP contribution in [0.1, 0.15) is 11.3 Å². The zero-order valence-corrected chi connectivity index (χ0v) is 11.9. The zero-order chi connectivity index (χ0) is 14.9. The van der Waals surface area contributed by atoms with E-state index < -0.39 is 0 Å². The van der Waals surface area contributed by atoms with Crippen LogP contribution in [0, 0.1) is 0 Å². The first kappa shape index (κ1) is 14.7. The highest BCUT2D eigenvalue weighted by molar-refractivity contribution is 6.14. The van der Waals surface area contributed by atoms with Crippen LogP contribution in [0.5, 0.6) is 0 Å². The summed E-state index contributed by atoms with van der Waals surface area (Å²) < 4.78 is 0. The predicted molar refractivity (Wildman–Crippen MR) is 89.4 cm³/mol. The van der Waals surface area contributed by atoms with Gasteiger partial charge in [0.15, 0.2) is 0 Å². The van der Waals surface area contributed by atoms with Crippen LogP contribution in [0.15, 0.2) is 96.7 Å². The van der Waals surface area contributed by atoms with E-state index in [0.29, 0.717) is 6.54 Å². The Balaban J connectivity index is 2.38. The number of nitrogens with zero attached hydrogens (tertiary/aromatic N) is 2. The van der Waals surface area contributed by atoms with Gasteiger partial charge in [0.2, 0.25) is 0 Å². The van der Waals surface area contributed by atoms with E-state index in [9.17, 15) is 0 Å². The Morgan fingerprint density at radius 2 is 1.81 bits per heavy atom. The summed E-state index contributed by atoms with van der Waals surface area (Å²) in [5.74, 6) is 0. The van der Waals surface area contributed by atoms with Crippen LogP contribution in [-0.4, -0.2) is 10.7 Å². The standard InChI is InChI=1S/C19H18N2/c1-3-10-16(4-2)19(17-11-6-5-7-12-17)21-15-18-13-8-9-14-20-18/h3-14H,1-2,15H2/b16-10+,21-19?. The summed E-state index contributed by atoms with van der Waals surface area (Å²) in [5.41, 5.74) is 3.85. The minimum atomic E-state index is 0.535.